The standard InChI is InChI=1S/C35H40O4/c1-33(21-10-11-25-35(33)37-26-27-38-35)20-9-8-19-31(39-32(36)30-17-6-3-7-18-30)28-34(23-13-24-34)22-12-16-29-14-4-2-5-15-29/h2-9,14-15,17-20,31H,10-11,13,21-28H2,1H3/b19-8+,20-9+/t31?,33-/m1/s1. The largest absolute Gasteiger partial charge is 0.455 e. The number of esters is 1. The summed E-state index contributed by atoms with van der Waals surface area (Å²) in [6.07, 6.45) is 17.3. The summed E-state index contributed by atoms with van der Waals surface area (Å²) in [5.74, 6) is 5.94. The first-order chi connectivity index (χ1) is 19.0. The summed E-state index contributed by atoms with van der Waals surface area (Å²) in [4.78, 5) is 13.0. The fourth-order valence-electron chi connectivity index (χ4n) is 6.26. The summed E-state index contributed by atoms with van der Waals surface area (Å²) in [5, 5.41) is 0. The van der Waals surface area contributed by atoms with E-state index >= 15 is 0 Å². The van der Waals surface area contributed by atoms with Crippen LogP contribution in [0.15, 0.2) is 85.0 Å². The molecule has 0 amide bonds. The summed E-state index contributed by atoms with van der Waals surface area (Å²) in [6, 6.07) is 19.4. The molecule has 0 aromatic heterocycles. The minimum absolute atomic E-state index is 0.0718. The van der Waals surface area contributed by atoms with Gasteiger partial charge >= 0.3 is 5.97 Å². The number of ether oxygens (including phenoxy) is 3. The monoisotopic (exact) mass is 524 g/mol. The van der Waals surface area contributed by atoms with E-state index in [2.05, 4.69) is 30.9 Å². The number of carbonyl (C=O) groups is 1. The molecule has 2 saturated carbocycles. The van der Waals surface area contributed by atoms with E-state index < -0.39 is 5.79 Å². The highest BCUT2D eigenvalue weighted by molar-refractivity contribution is 5.89. The fourth-order valence-corrected chi connectivity index (χ4v) is 6.26. The highest BCUT2D eigenvalue weighted by Gasteiger charge is 2.52. The summed E-state index contributed by atoms with van der Waals surface area (Å²) in [5.41, 5.74) is 1.51. The van der Waals surface area contributed by atoms with Crippen molar-refractivity contribution in [1.29, 1.82) is 0 Å². The normalized spacial score (nSPS) is 24.2. The third kappa shape index (κ3) is 6.55. The van der Waals surface area contributed by atoms with Gasteiger partial charge in [-0.25, -0.2) is 4.79 Å². The Kier molecular flexibility index (Phi) is 8.70. The van der Waals surface area contributed by atoms with Crippen molar-refractivity contribution in [3.8, 4) is 11.8 Å². The first-order valence-electron chi connectivity index (χ1n) is 14.5. The van der Waals surface area contributed by atoms with Gasteiger partial charge in [0.2, 0.25) is 0 Å². The van der Waals surface area contributed by atoms with Crippen molar-refractivity contribution in [2.75, 3.05) is 13.2 Å². The molecule has 4 heteroatoms. The maximum absolute atomic E-state index is 13.0. The van der Waals surface area contributed by atoms with E-state index in [1.54, 1.807) is 12.1 Å². The fraction of sp³-hybridized carbons (Fsp3) is 0.457. The lowest BCUT2D eigenvalue weighted by Crippen LogP contribution is -2.48. The topological polar surface area (TPSA) is 44.8 Å². The maximum atomic E-state index is 13.0. The van der Waals surface area contributed by atoms with Crippen LogP contribution in [0, 0.1) is 22.7 Å². The van der Waals surface area contributed by atoms with Gasteiger partial charge in [0, 0.05) is 23.8 Å². The average molecular weight is 525 g/mol. The first kappa shape index (κ1) is 27.4. The molecule has 4 nitrogen and oxygen atoms in total. The summed E-state index contributed by atoms with van der Waals surface area (Å²) < 4.78 is 18.4. The first-order valence-corrected chi connectivity index (χ1v) is 14.5. The molecule has 1 aliphatic heterocycles. The van der Waals surface area contributed by atoms with Gasteiger partial charge in [-0.2, -0.15) is 0 Å². The molecule has 0 bridgehead atoms. The molecule has 2 aromatic carbocycles. The van der Waals surface area contributed by atoms with Gasteiger partial charge in [0.15, 0.2) is 5.79 Å². The van der Waals surface area contributed by atoms with Gasteiger partial charge in [0.05, 0.1) is 18.8 Å². The predicted molar refractivity (Wildman–Crippen MR) is 154 cm³/mol. The molecule has 2 atom stereocenters. The van der Waals surface area contributed by atoms with Crippen LogP contribution in [0.5, 0.6) is 0 Å². The Morgan fingerprint density at radius 2 is 1.62 bits per heavy atom. The molecule has 1 unspecified atom stereocenters. The van der Waals surface area contributed by atoms with Crippen molar-refractivity contribution in [1.82, 2.24) is 0 Å². The van der Waals surface area contributed by atoms with Crippen LogP contribution in [0.4, 0.5) is 0 Å². The molecular weight excluding hydrogens is 484 g/mol. The van der Waals surface area contributed by atoms with Crippen molar-refractivity contribution < 1.29 is 19.0 Å². The zero-order valence-electron chi connectivity index (χ0n) is 23.1. The van der Waals surface area contributed by atoms with Crippen LogP contribution in [0.25, 0.3) is 0 Å². The highest BCUT2D eigenvalue weighted by atomic mass is 16.7. The Hall–Kier alpha value is -3.13. The van der Waals surface area contributed by atoms with Gasteiger partial charge in [0.25, 0.3) is 0 Å². The van der Waals surface area contributed by atoms with Gasteiger partial charge in [-0.1, -0.05) is 86.2 Å². The minimum atomic E-state index is -0.512. The van der Waals surface area contributed by atoms with E-state index in [0.29, 0.717) is 18.8 Å². The lowest BCUT2D eigenvalue weighted by Gasteiger charge is -2.46. The molecule has 2 aromatic rings. The van der Waals surface area contributed by atoms with Gasteiger partial charge in [0.1, 0.15) is 6.10 Å². The van der Waals surface area contributed by atoms with Gasteiger partial charge in [-0.05, 0) is 67.9 Å². The Morgan fingerprint density at radius 1 is 0.923 bits per heavy atom. The van der Waals surface area contributed by atoms with Crippen LogP contribution in [0.1, 0.15) is 80.6 Å². The molecular formula is C35H40O4. The second-order valence-corrected chi connectivity index (χ2v) is 11.5. The van der Waals surface area contributed by atoms with E-state index in [9.17, 15) is 4.79 Å². The molecule has 1 heterocycles. The third-order valence-corrected chi connectivity index (χ3v) is 8.76. The Bertz CT molecular complexity index is 1210. The Balaban J connectivity index is 1.31. The highest BCUT2D eigenvalue weighted by Crippen LogP contribution is 2.50. The van der Waals surface area contributed by atoms with Crippen molar-refractivity contribution in [3.05, 3.63) is 96.1 Å². The third-order valence-electron chi connectivity index (χ3n) is 8.76. The van der Waals surface area contributed by atoms with E-state index in [1.807, 2.05) is 60.7 Å². The lowest BCUT2D eigenvalue weighted by molar-refractivity contribution is -0.235. The van der Waals surface area contributed by atoms with Crippen LogP contribution < -0.4 is 0 Å². The molecule has 204 valence electrons. The quantitative estimate of drug-likeness (QED) is 0.202. The molecule has 3 aliphatic rings. The number of hydrogen-bond acceptors (Lipinski definition) is 4. The smallest absolute Gasteiger partial charge is 0.338 e. The zero-order chi connectivity index (χ0) is 27.0. The maximum Gasteiger partial charge on any atom is 0.338 e. The number of carbonyl (C=O) groups excluding carboxylic acids is 1. The molecule has 1 spiro atoms. The van der Waals surface area contributed by atoms with Crippen LogP contribution >= 0.6 is 0 Å². The lowest BCUT2D eigenvalue weighted by atomic mass is 9.63. The van der Waals surface area contributed by atoms with E-state index in [4.69, 9.17) is 14.2 Å². The number of rotatable bonds is 8. The number of hydrogen-bond donors (Lipinski definition) is 0. The zero-order valence-corrected chi connectivity index (χ0v) is 23.1. The molecule has 3 fully saturated rings. The van der Waals surface area contributed by atoms with Gasteiger partial charge in [-0.3, -0.25) is 0 Å². The van der Waals surface area contributed by atoms with Crippen molar-refractivity contribution in [3.63, 3.8) is 0 Å². The van der Waals surface area contributed by atoms with Gasteiger partial charge < -0.3 is 14.2 Å². The van der Waals surface area contributed by atoms with Crippen LogP contribution in [-0.2, 0) is 14.2 Å². The second kappa shape index (κ2) is 12.4. The Labute approximate surface area is 233 Å². The molecule has 1 saturated heterocycles. The summed E-state index contributed by atoms with van der Waals surface area (Å²) >= 11 is 0. The number of benzene rings is 2. The average Bonchev–Trinajstić information content (AvgIpc) is 3.42. The van der Waals surface area contributed by atoms with E-state index in [1.165, 1.54) is 12.8 Å². The molecule has 2 aliphatic carbocycles. The van der Waals surface area contributed by atoms with E-state index in [-0.39, 0.29) is 22.9 Å². The minimum Gasteiger partial charge on any atom is -0.455 e. The molecule has 0 radical (unpaired) electrons. The van der Waals surface area contributed by atoms with Crippen molar-refractivity contribution in [2.24, 2.45) is 10.8 Å². The summed E-state index contributed by atoms with van der Waals surface area (Å²) in [7, 11) is 0. The number of allylic oxidation sites excluding steroid dienone is 2. The second-order valence-electron chi connectivity index (χ2n) is 11.5. The van der Waals surface area contributed by atoms with Gasteiger partial charge in [-0.15, -0.1) is 0 Å². The molecule has 39 heavy (non-hydrogen) atoms. The van der Waals surface area contributed by atoms with Crippen molar-refractivity contribution in [2.45, 2.75) is 76.6 Å². The predicted octanol–water partition coefficient (Wildman–Crippen LogP) is 7.65. The molecule has 5 rings (SSSR count). The Morgan fingerprint density at radius 3 is 2.31 bits per heavy atom. The van der Waals surface area contributed by atoms with Crippen LogP contribution in [0.3, 0.4) is 0 Å². The summed E-state index contributed by atoms with van der Waals surface area (Å²) in [6.45, 7) is 3.56. The SMILES string of the molecule is C[C@@]1(/C=C/C=C/C(CC2(CC#Cc3ccccc3)CCC2)OC(=O)c2ccccc2)CCCCC12OCCO2. The van der Waals surface area contributed by atoms with Crippen LogP contribution in [-0.4, -0.2) is 31.1 Å². The van der Waals surface area contributed by atoms with Crippen molar-refractivity contribution >= 4 is 5.97 Å². The molecule has 0 N–H and O–H groups in total. The van der Waals surface area contributed by atoms with Crippen LogP contribution in [0.2, 0.25) is 0 Å². The van der Waals surface area contributed by atoms with E-state index in [0.717, 1.165) is 50.5 Å².